The summed E-state index contributed by atoms with van der Waals surface area (Å²) in [4.78, 5) is 48.5. The number of amides is 3. The number of furan rings is 1. The van der Waals surface area contributed by atoms with E-state index in [0.29, 0.717) is 5.01 Å². The summed E-state index contributed by atoms with van der Waals surface area (Å²) in [5, 5.41) is 33.2. The van der Waals surface area contributed by atoms with Crippen LogP contribution in [0.3, 0.4) is 0 Å². The van der Waals surface area contributed by atoms with Crippen LogP contribution in [0.4, 0.5) is 10.7 Å². The van der Waals surface area contributed by atoms with Gasteiger partial charge in [0.2, 0.25) is 11.7 Å². The van der Waals surface area contributed by atoms with Crippen molar-refractivity contribution in [2.24, 2.45) is 0 Å². The summed E-state index contributed by atoms with van der Waals surface area (Å²) >= 11 is 0. The molecule has 0 aromatic carbocycles. The molecular weight excluding hydrogens is 388 g/mol. The summed E-state index contributed by atoms with van der Waals surface area (Å²) in [5.41, 5.74) is 1.72. The molecule has 3 rings (SSSR count). The molecule has 3 amide bonds. The van der Waals surface area contributed by atoms with E-state index < -0.39 is 65.8 Å². The molecule has 15 heteroatoms. The van der Waals surface area contributed by atoms with Crippen molar-refractivity contribution in [1.82, 2.24) is 15.9 Å². The molecule has 15 nitrogen and oxygen atoms in total. The van der Waals surface area contributed by atoms with E-state index in [1.807, 2.05) is 5.32 Å². The lowest BCUT2D eigenvalue weighted by Crippen LogP contribution is -2.45. The van der Waals surface area contributed by atoms with Gasteiger partial charge in [0.05, 0.1) is 6.07 Å². The van der Waals surface area contributed by atoms with Gasteiger partial charge in [-0.25, -0.2) is 9.80 Å². The van der Waals surface area contributed by atoms with Crippen molar-refractivity contribution in [3.63, 3.8) is 0 Å². The summed E-state index contributed by atoms with van der Waals surface area (Å²) in [7, 11) is 0. The van der Waals surface area contributed by atoms with E-state index in [0.717, 1.165) is 6.07 Å². The van der Waals surface area contributed by atoms with Gasteiger partial charge in [0.15, 0.2) is 12.4 Å². The maximum Gasteiger partial charge on any atom is 0.436 e. The van der Waals surface area contributed by atoms with Crippen LogP contribution in [-0.2, 0) is 14.4 Å². The molecule has 0 radical (unpaired) electrons. The monoisotopic (exact) mass is 400 g/mol. The Bertz CT molecular complexity index is 863. The fraction of sp³-hybridized carbons (Fsp3) is 0.308. The van der Waals surface area contributed by atoms with Crippen molar-refractivity contribution in [2.45, 2.75) is 12.2 Å². The smallest absolute Gasteiger partial charge is 0.436 e. The van der Waals surface area contributed by atoms with Gasteiger partial charge in [-0.15, -0.1) is 0 Å². The topological polar surface area (TPSA) is 203 Å². The standard InChI is InChI=1S/C13H12N4O11/c18-3-5-1-8(17(23)24)26-11(5)27-12-10(9(21)6(19)4-25-12)28-15-16-2-7(20)14-13(16)22/h1,3,6,9,15,19,21H,2,4H2,(H,14,20,22)/t6-,9+/m1/s1. The minimum atomic E-state index is -1.71. The molecule has 3 heterocycles. The molecule has 4 N–H and O–H groups in total. The third-order valence-electron chi connectivity index (χ3n) is 3.48. The van der Waals surface area contributed by atoms with Crippen molar-refractivity contribution in [3.8, 4) is 5.95 Å². The van der Waals surface area contributed by atoms with E-state index in [1.54, 1.807) is 0 Å². The van der Waals surface area contributed by atoms with Gasteiger partial charge < -0.3 is 28.9 Å². The van der Waals surface area contributed by atoms with Crippen molar-refractivity contribution in [1.29, 1.82) is 0 Å². The summed E-state index contributed by atoms with van der Waals surface area (Å²) < 4.78 is 15.0. The first kappa shape index (κ1) is 19.1. The largest absolute Gasteiger partial charge is 0.460 e. The molecule has 2 atom stereocenters. The van der Waals surface area contributed by atoms with Crippen LogP contribution < -0.4 is 15.6 Å². The van der Waals surface area contributed by atoms with Crippen LogP contribution in [0, 0.1) is 10.1 Å². The van der Waals surface area contributed by atoms with Gasteiger partial charge >= 0.3 is 23.8 Å². The minimum Gasteiger partial charge on any atom is -0.460 e. The van der Waals surface area contributed by atoms with Crippen molar-refractivity contribution in [2.75, 3.05) is 13.2 Å². The Morgan fingerprint density at radius 1 is 1.43 bits per heavy atom. The molecule has 150 valence electrons. The highest BCUT2D eigenvalue weighted by molar-refractivity contribution is 6.01. The minimum absolute atomic E-state index is 0.222. The van der Waals surface area contributed by atoms with E-state index in [-0.39, 0.29) is 11.8 Å². The molecular formula is C13H12N4O11. The Labute approximate surface area is 154 Å². The van der Waals surface area contributed by atoms with E-state index >= 15 is 0 Å². The number of carbonyl (C=O) groups is 3. The second kappa shape index (κ2) is 7.51. The zero-order valence-electron chi connectivity index (χ0n) is 13.7. The normalized spacial score (nSPS) is 22.0. The Kier molecular flexibility index (Phi) is 5.12. The van der Waals surface area contributed by atoms with Crippen LogP contribution in [0.25, 0.3) is 0 Å². The predicted octanol–water partition coefficient (Wildman–Crippen LogP) is -1.71. The quantitative estimate of drug-likeness (QED) is 0.175. The number of carbonyl (C=O) groups excluding carboxylic acids is 3. The average molecular weight is 400 g/mol. The maximum atomic E-state index is 11.5. The highest BCUT2D eigenvalue weighted by atomic mass is 16.8. The number of nitro groups is 1. The number of aliphatic hydroxyl groups excluding tert-OH is 2. The van der Waals surface area contributed by atoms with Crippen molar-refractivity contribution < 1.29 is 48.2 Å². The molecule has 0 saturated carbocycles. The van der Waals surface area contributed by atoms with Gasteiger partial charge in [-0.05, 0) is 0 Å². The number of imide groups is 1. The highest BCUT2D eigenvalue weighted by Crippen LogP contribution is 2.31. The third kappa shape index (κ3) is 3.70. The number of hydrogen-bond acceptors (Lipinski definition) is 12. The molecule has 1 fully saturated rings. The zero-order valence-corrected chi connectivity index (χ0v) is 13.7. The van der Waals surface area contributed by atoms with Gasteiger partial charge in [0.25, 0.3) is 0 Å². The molecule has 1 saturated heterocycles. The average Bonchev–Trinajstić information content (AvgIpc) is 3.20. The zero-order chi connectivity index (χ0) is 20.4. The number of hydrazine groups is 1. The first-order chi connectivity index (χ1) is 13.3. The second-order valence-electron chi connectivity index (χ2n) is 5.41. The molecule has 0 aliphatic carbocycles. The van der Waals surface area contributed by atoms with Gasteiger partial charge in [-0.1, -0.05) is 5.59 Å². The lowest BCUT2D eigenvalue weighted by Gasteiger charge is -2.28. The Balaban J connectivity index is 1.84. The van der Waals surface area contributed by atoms with Crippen LogP contribution in [0.1, 0.15) is 10.4 Å². The summed E-state index contributed by atoms with van der Waals surface area (Å²) in [5.74, 6) is -3.23. The van der Waals surface area contributed by atoms with Gasteiger partial charge in [-0.2, -0.15) is 0 Å². The first-order valence-corrected chi connectivity index (χ1v) is 7.48. The SMILES string of the molecule is O=Cc1cc([N+](=O)[O-])oc1OC1=C(ONN2CC(=O)NC2=O)[C@@H](O)[C@H](O)CO1. The van der Waals surface area contributed by atoms with Gasteiger partial charge in [-0.3, -0.25) is 25.0 Å². The Morgan fingerprint density at radius 2 is 2.18 bits per heavy atom. The number of rotatable bonds is 7. The number of nitrogens with one attached hydrogen (secondary N) is 2. The van der Waals surface area contributed by atoms with Crippen LogP contribution in [-0.4, -0.2) is 63.7 Å². The molecule has 0 bridgehead atoms. The lowest BCUT2D eigenvalue weighted by atomic mass is 10.1. The fourth-order valence-electron chi connectivity index (χ4n) is 2.13. The third-order valence-corrected chi connectivity index (χ3v) is 3.48. The highest BCUT2D eigenvalue weighted by Gasteiger charge is 2.37. The number of hydrogen-bond donors (Lipinski definition) is 4. The summed E-state index contributed by atoms with van der Waals surface area (Å²) in [6.07, 6.45) is -2.93. The number of nitrogens with zero attached hydrogens (tertiary/aromatic N) is 2. The van der Waals surface area contributed by atoms with Crippen LogP contribution in [0.15, 0.2) is 22.2 Å². The van der Waals surface area contributed by atoms with Crippen LogP contribution in [0.5, 0.6) is 5.95 Å². The van der Waals surface area contributed by atoms with Crippen molar-refractivity contribution >= 4 is 24.1 Å². The number of urea groups is 1. The Morgan fingerprint density at radius 3 is 2.79 bits per heavy atom. The summed E-state index contributed by atoms with van der Waals surface area (Å²) in [6, 6.07) is -0.0413. The van der Waals surface area contributed by atoms with Gasteiger partial charge in [0.1, 0.15) is 29.7 Å². The number of ether oxygens (including phenoxy) is 2. The Hall–Kier alpha value is -3.69. The molecule has 2 aliphatic heterocycles. The van der Waals surface area contributed by atoms with Crippen molar-refractivity contribution in [3.05, 3.63) is 33.4 Å². The molecule has 1 aromatic rings. The van der Waals surface area contributed by atoms with Gasteiger partial charge in [0, 0.05) is 0 Å². The maximum absolute atomic E-state index is 11.5. The lowest BCUT2D eigenvalue weighted by molar-refractivity contribution is -0.402. The number of aldehydes is 1. The second-order valence-corrected chi connectivity index (χ2v) is 5.41. The first-order valence-electron chi connectivity index (χ1n) is 7.48. The van der Waals surface area contributed by atoms with E-state index in [9.17, 15) is 34.7 Å². The molecule has 0 unspecified atom stereocenters. The van der Waals surface area contributed by atoms with E-state index in [2.05, 4.69) is 5.59 Å². The fourth-order valence-corrected chi connectivity index (χ4v) is 2.13. The van der Waals surface area contributed by atoms with Crippen LogP contribution in [0.2, 0.25) is 0 Å². The number of aliphatic hydroxyl groups is 2. The predicted molar refractivity (Wildman–Crippen MR) is 80.8 cm³/mol. The molecule has 28 heavy (non-hydrogen) atoms. The van der Waals surface area contributed by atoms with E-state index in [1.165, 1.54) is 0 Å². The molecule has 1 aromatic heterocycles. The summed E-state index contributed by atoms with van der Waals surface area (Å²) in [6.45, 7) is -0.854. The molecule has 2 aliphatic rings. The van der Waals surface area contributed by atoms with E-state index in [4.69, 9.17) is 18.7 Å². The molecule has 0 spiro atoms. The van der Waals surface area contributed by atoms with Crippen LogP contribution >= 0.6 is 0 Å².